The van der Waals surface area contributed by atoms with Gasteiger partial charge in [0.15, 0.2) is 5.78 Å². The van der Waals surface area contributed by atoms with E-state index >= 15 is 0 Å². The second-order valence-electron chi connectivity index (χ2n) is 6.07. The van der Waals surface area contributed by atoms with Crippen LogP contribution in [-0.4, -0.2) is 22.9 Å². The second-order valence-corrected chi connectivity index (χ2v) is 6.07. The topological polar surface area (TPSA) is 74.2 Å². The van der Waals surface area contributed by atoms with Crippen LogP contribution in [0.2, 0.25) is 0 Å². The summed E-state index contributed by atoms with van der Waals surface area (Å²) in [5.74, 6) is -1.04. The Hall–Kier alpha value is -1.56. The summed E-state index contributed by atoms with van der Waals surface area (Å²) < 4.78 is 2.01. The van der Waals surface area contributed by atoms with Gasteiger partial charge in [0, 0.05) is 47.8 Å². The maximum absolute atomic E-state index is 13.0. The molecule has 0 aliphatic heterocycles. The van der Waals surface area contributed by atoms with Crippen molar-refractivity contribution < 1.29 is 44.3 Å². The molecular weight excluding hydrogens is 339 g/mol. The fraction of sp³-hybridized carbons (Fsp3) is 0.400. The van der Waals surface area contributed by atoms with Gasteiger partial charge in [0.2, 0.25) is 0 Å². The number of rotatable bonds is 9. The first-order chi connectivity index (χ1) is 12.0. The van der Waals surface area contributed by atoms with Crippen molar-refractivity contribution in [3.8, 4) is 0 Å². The second kappa shape index (κ2) is 10.6. The van der Waals surface area contributed by atoms with Crippen LogP contribution in [-0.2, 0) is 24.7 Å². The van der Waals surface area contributed by atoms with Crippen molar-refractivity contribution >= 4 is 17.4 Å². The largest absolute Gasteiger partial charge is 1.00 e. The monoisotopic (exact) mass is 364 g/mol. The van der Waals surface area contributed by atoms with Gasteiger partial charge in [0.1, 0.15) is 0 Å². The number of ketones is 1. The minimum atomic E-state index is -1.04. The number of hydrogen-bond acceptors (Lipinski definition) is 4. The van der Waals surface area contributed by atoms with E-state index < -0.39 is 5.97 Å². The van der Waals surface area contributed by atoms with Gasteiger partial charge in [-0.25, -0.2) is 0 Å². The molecule has 134 valence electrons. The summed E-state index contributed by atoms with van der Waals surface area (Å²) in [7, 11) is 1.93. The van der Waals surface area contributed by atoms with Crippen molar-refractivity contribution in [3.05, 3.63) is 52.8 Å². The maximum Gasteiger partial charge on any atom is 1.00 e. The van der Waals surface area contributed by atoms with E-state index in [0.29, 0.717) is 24.0 Å². The SMILES string of the molecule is CCNc1cccc(C(=O)c2cc(CCCC(=O)[O-])n(C)c2CC)c1.[Na+]. The third-order valence-corrected chi connectivity index (χ3v) is 4.36. The van der Waals surface area contributed by atoms with Gasteiger partial charge in [0.25, 0.3) is 0 Å². The molecule has 1 N–H and O–H groups in total. The number of anilines is 1. The first-order valence-corrected chi connectivity index (χ1v) is 8.73. The van der Waals surface area contributed by atoms with Crippen molar-refractivity contribution in [1.82, 2.24) is 4.57 Å². The fourth-order valence-corrected chi connectivity index (χ4v) is 3.11. The van der Waals surface area contributed by atoms with E-state index in [1.165, 1.54) is 0 Å². The first kappa shape index (κ1) is 22.5. The van der Waals surface area contributed by atoms with E-state index in [1.807, 2.05) is 55.8 Å². The minimum Gasteiger partial charge on any atom is -0.550 e. The van der Waals surface area contributed by atoms with Crippen LogP contribution < -0.4 is 40.0 Å². The Labute approximate surface area is 177 Å². The number of nitrogens with one attached hydrogen (secondary N) is 1. The molecule has 0 fully saturated rings. The van der Waals surface area contributed by atoms with Crippen molar-refractivity contribution in [2.45, 2.75) is 39.5 Å². The summed E-state index contributed by atoms with van der Waals surface area (Å²) in [6.07, 6.45) is 1.89. The minimum absolute atomic E-state index is 0. The molecule has 0 aliphatic carbocycles. The molecule has 1 aromatic heterocycles. The number of carboxylic acid groups (broad SMARTS) is 1. The summed E-state index contributed by atoms with van der Waals surface area (Å²) in [5.41, 5.74) is 4.23. The zero-order valence-electron chi connectivity index (χ0n) is 16.1. The number of aryl methyl sites for hydroxylation is 1. The molecule has 6 heteroatoms. The molecule has 1 aromatic carbocycles. The molecule has 0 aliphatic rings. The van der Waals surface area contributed by atoms with Gasteiger partial charge in [-0.15, -0.1) is 0 Å². The Bertz CT molecular complexity index is 768. The normalized spacial score (nSPS) is 10.3. The molecule has 2 rings (SSSR count). The average Bonchev–Trinajstić information content (AvgIpc) is 2.90. The number of benzene rings is 1. The summed E-state index contributed by atoms with van der Waals surface area (Å²) in [5, 5.41) is 13.8. The third-order valence-electron chi connectivity index (χ3n) is 4.36. The summed E-state index contributed by atoms with van der Waals surface area (Å²) in [6.45, 7) is 4.83. The molecule has 26 heavy (non-hydrogen) atoms. The summed E-state index contributed by atoms with van der Waals surface area (Å²) in [4.78, 5) is 23.6. The number of aliphatic carboxylic acids is 1. The number of nitrogens with zero attached hydrogens (tertiary/aromatic N) is 1. The van der Waals surface area contributed by atoms with Crippen LogP contribution >= 0.6 is 0 Å². The zero-order valence-corrected chi connectivity index (χ0v) is 18.1. The number of carbonyl (C=O) groups is 2. The number of hydrogen-bond donors (Lipinski definition) is 1. The Morgan fingerprint density at radius 1 is 1.19 bits per heavy atom. The van der Waals surface area contributed by atoms with Gasteiger partial charge >= 0.3 is 29.6 Å². The Balaban J connectivity index is 0.00000338. The van der Waals surface area contributed by atoms with Gasteiger partial charge in [-0.3, -0.25) is 4.79 Å². The summed E-state index contributed by atoms with van der Waals surface area (Å²) in [6, 6.07) is 9.41. The van der Waals surface area contributed by atoms with Gasteiger partial charge in [-0.2, -0.15) is 0 Å². The van der Waals surface area contributed by atoms with Crippen LogP contribution in [0, 0.1) is 0 Å². The van der Waals surface area contributed by atoms with Crippen molar-refractivity contribution in [2.24, 2.45) is 7.05 Å². The molecule has 0 atom stereocenters. The van der Waals surface area contributed by atoms with Gasteiger partial charge in [-0.1, -0.05) is 19.1 Å². The predicted octanol–water partition coefficient (Wildman–Crippen LogP) is -0.673. The van der Waals surface area contributed by atoms with Crippen LogP contribution in [0.5, 0.6) is 0 Å². The van der Waals surface area contributed by atoms with E-state index in [-0.39, 0.29) is 41.8 Å². The molecule has 0 saturated carbocycles. The molecule has 0 spiro atoms. The molecular formula is C20H25N2NaO3. The Morgan fingerprint density at radius 3 is 2.54 bits per heavy atom. The molecule has 1 heterocycles. The van der Waals surface area contributed by atoms with Crippen molar-refractivity contribution in [1.29, 1.82) is 0 Å². The average molecular weight is 364 g/mol. The maximum atomic E-state index is 13.0. The molecule has 2 aromatic rings. The van der Waals surface area contributed by atoms with Gasteiger partial charge in [-0.05, 0) is 50.8 Å². The Morgan fingerprint density at radius 2 is 1.92 bits per heavy atom. The standard InChI is InChI=1S/C20H26N2O3.Na/c1-4-18-17(13-16(22(18)3)10-7-11-19(23)24)20(25)14-8-6-9-15(12-14)21-5-2;/h6,8-9,12-13,21H,4-5,7,10-11H2,1-3H3,(H,23,24);/q;+1/p-1. The first-order valence-electron chi connectivity index (χ1n) is 8.73. The molecule has 0 saturated heterocycles. The molecule has 0 radical (unpaired) electrons. The zero-order chi connectivity index (χ0) is 18.4. The smallest absolute Gasteiger partial charge is 0.550 e. The predicted molar refractivity (Wildman–Crippen MR) is 96.8 cm³/mol. The molecule has 0 bridgehead atoms. The molecule has 0 unspecified atom stereocenters. The third kappa shape index (κ3) is 5.47. The molecule has 5 nitrogen and oxygen atoms in total. The van der Waals surface area contributed by atoms with Crippen LogP contribution in [0.4, 0.5) is 5.69 Å². The Kier molecular flexibility index (Phi) is 9.13. The van der Waals surface area contributed by atoms with E-state index in [2.05, 4.69) is 5.32 Å². The summed E-state index contributed by atoms with van der Waals surface area (Å²) >= 11 is 0. The number of carbonyl (C=O) groups excluding carboxylic acids is 2. The van der Waals surface area contributed by atoms with E-state index in [0.717, 1.165) is 30.0 Å². The quantitative estimate of drug-likeness (QED) is 0.473. The molecule has 0 amide bonds. The van der Waals surface area contributed by atoms with Crippen molar-refractivity contribution in [2.75, 3.05) is 11.9 Å². The van der Waals surface area contributed by atoms with E-state index in [1.54, 1.807) is 0 Å². The van der Waals surface area contributed by atoms with E-state index in [9.17, 15) is 14.7 Å². The number of carboxylic acids is 1. The number of aromatic nitrogens is 1. The van der Waals surface area contributed by atoms with Crippen LogP contribution in [0.3, 0.4) is 0 Å². The van der Waals surface area contributed by atoms with E-state index in [4.69, 9.17) is 0 Å². The van der Waals surface area contributed by atoms with Gasteiger partial charge in [0.05, 0.1) is 0 Å². The van der Waals surface area contributed by atoms with Crippen LogP contribution in [0.25, 0.3) is 0 Å². The van der Waals surface area contributed by atoms with Crippen LogP contribution in [0.15, 0.2) is 30.3 Å². The fourth-order valence-electron chi connectivity index (χ4n) is 3.11. The van der Waals surface area contributed by atoms with Crippen LogP contribution in [0.1, 0.15) is 54.0 Å². The van der Waals surface area contributed by atoms with Crippen molar-refractivity contribution in [3.63, 3.8) is 0 Å². The van der Waals surface area contributed by atoms with Gasteiger partial charge < -0.3 is 19.8 Å².